The van der Waals surface area contributed by atoms with Gasteiger partial charge in [0.2, 0.25) is 0 Å². The molecule has 114 valence electrons. The van der Waals surface area contributed by atoms with E-state index in [1.54, 1.807) is 24.5 Å². The Hall–Kier alpha value is -2.63. The van der Waals surface area contributed by atoms with E-state index < -0.39 is 11.7 Å². The van der Waals surface area contributed by atoms with Gasteiger partial charge >= 0.3 is 6.18 Å². The molecule has 0 amide bonds. The van der Waals surface area contributed by atoms with Gasteiger partial charge in [0.25, 0.3) is 0 Å². The summed E-state index contributed by atoms with van der Waals surface area (Å²) in [4.78, 5) is 0. The fourth-order valence-electron chi connectivity index (χ4n) is 2.11. The Morgan fingerprint density at radius 2 is 1.77 bits per heavy atom. The molecule has 0 bridgehead atoms. The quantitative estimate of drug-likeness (QED) is 0.719. The smallest absolute Gasteiger partial charge is 0.416 e. The number of anilines is 1. The molecule has 22 heavy (non-hydrogen) atoms. The summed E-state index contributed by atoms with van der Waals surface area (Å²) in [5, 5.41) is 0.826. The Balaban J connectivity index is 1.75. The molecule has 3 rings (SSSR count). The van der Waals surface area contributed by atoms with Crippen LogP contribution in [0.15, 0.2) is 53.1 Å². The van der Waals surface area contributed by atoms with Crippen LogP contribution < -0.4 is 10.5 Å². The van der Waals surface area contributed by atoms with Gasteiger partial charge in [0.15, 0.2) is 0 Å². The van der Waals surface area contributed by atoms with Crippen molar-refractivity contribution in [3.63, 3.8) is 0 Å². The maximum absolute atomic E-state index is 12.5. The lowest BCUT2D eigenvalue weighted by Gasteiger charge is -2.08. The first-order valence-corrected chi connectivity index (χ1v) is 6.49. The number of hydrogen-bond acceptors (Lipinski definition) is 3. The second kappa shape index (κ2) is 5.29. The van der Waals surface area contributed by atoms with Gasteiger partial charge in [0.05, 0.1) is 11.8 Å². The first-order chi connectivity index (χ1) is 10.4. The van der Waals surface area contributed by atoms with Crippen molar-refractivity contribution in [3.8, 4) is 5.75 Å². The summed E-state index contributed by atoms with van der Waals surface area (Å²) < 4.78 is 48.3. The number of halogens is 3. The van der Waals surface area contributed by atoms with Crippen molar-refractivity contribution in [2.45, 2.75) is 12.8 Å². The minimum absolute atomic E-state index is 0.182. The summed E-state index contributed by atoms with van der Waals surface area (Å²) in [7, 11) is 0. The molecule has 2 aromatic carbocycles. The minimum atomic E-state index is -4.35. The molecular formula is C16H12F3NO2. The van der Waals surface area contributed by atoms with Crippen molar-refractivity contribution in [1.29, 1.82) is 0 Å². The van der Waals surface area contributed by atoms with Gasteiger partial charge in [0, 0.05) is 16.6 Å². The number of alkyl halides is 3. The summed E-state index contributed by atoms with van der Waals surface area (Å²) in [5.41, 5.74) is 7.08. The number of furan rings is 1. The highest BCUT2D eigenvalue weighted by molar-refractivity contribution is 5.84. The molecule has 1 heterocycles. The lowest BCUT2D eigenvalue weighted by molar-refractivity contribution is -0.137. The van der Waals surface area contributed by atoms with Gasteiger partial charge in [-0.25, -0.2) is 0 Å². The van der Waals surface area contributed by atoms with E-state index in [1.165, 1.54) is 12.1 Å². The maximum atomic E-state index is 12.5. The number of nitrogens with two attached hydrogens (primary N) is 1. The molecule has 0 spiro atoms. The van der Waals surface area contributed by atoms with Crippen molar-refractivity contribution < 1.29 is 22.3 Å². The van der Waals surface area contributed by atoms with Crippen LogP contribution in [-0.2, 0) is 12.8 Å². The molecule has 0 atom stereocenters. The average molecular weight is 307 g/mol. The van der Waals surface area contributed by atoms with Crippen LogP contribution in [0, 0.1) is 0 Å². The summed E-state index contributed by atoms with van der Waals surface area (Å²) in [6.07, 6.45) is -2.80. The van der Waals surface area contributed by atoms with Crippen LogP contribution >= 0.6 is 0 Å². The largest absolute Gasteiger partial charge is 0.489 e. The fourth-order valence-corrected chi connectivity index (χ4v) is 2.11. The molecule has 0 saturated carbocycles. The van der Waals surface area contributed by atoms with Gasteiger partial charge in [-0.05, 0) is 42.5 Å². The third-order valence-corrected chi connectivity index (χ3v) is 3.25. The van der Waals surface area contributed by atoms with Crippen LogP contribution in [0.4, 0.5) is 18.9 Å². The van der Waals surface area contributed by atoms with E-state index in [0.29, 0.717) is 17.0 Å². The molecule has 1 aromatic heterocycles. The lowest BCUT2D eigenvalue weighted by Crippen LogP contribution is -2.04. The number of benzene rings is 2. The molecule has 0 aliphatic carbocycles. The molecule has 3 aromatic rings. The second-order valence-corrected chi connectivity index (χ2v) is 4.83. The molecule has 2 N–H and O–H groups in total. The second-order valence-electron chi connectivity index (χ2n) is 4.83. The summed E-state index contributed by atoms with van der Waals surface area (Å²) >= 11 is 0. The number of hydrogen-bond donors (Lipinski definition) is 1. The number of ether oxygens (including phenoxy) is 1. The predicted octanol–water partition coefficient (Wildman–Crippen LogP) is 4.61. The van der Waals surface area contributed by atoms with Crippen LogP contribution in [0.1, 0.15) is 11.1 Å². The van der Waals surface area contributed by atoms with E-state index in [1.807, 2.05) is 0 Å². The van der Waals surface area contributed by atoms with Gasteiger partial charge in [-0.1, -0.05) is 0 Å². The van der Waals surface area contributed by atoms with Crippen molar-refractivity contribution in [2.24, 2.45) is 0 Å². The molecule has 3 nitrogen and oxygen atoms in total. The molecule has 0 unspecified atom stereocenters. The zero-order chi connectivity index (χ0) is 15.7. The van der Waals surface area contributed by atoms with Gasteiger partial charge in [0.1, 0.15) is 17.9 Å². The Kier molecular flexibility index (Phi) is 3.44. The van der Waals surface area contributed by atoms with E-state index in [4.69, 9.17) is 14.9 Å². The van der Waals surface area contributed by atoms with Gasteiger partial charge in [-0.15, -0.1) is 0 Å². The zero-order valence-corrected chi connectivity index (χ0v) is 11.4. The number of nitrogen functional groups attached to an aromatic ring is 1. The molecule has 0 aliphatic heterocycles. The highest BCUT2D eigenvalue weighted by Gasteiger charge is 2.30. The van der Waals surface area contributed by atoms with Crippen LogP contribution in [0.3, 0.4) is 0 Å². The molecule has 0 fully saturated rings. The van der Waals surface area contributed by atoms with E-state index in [0.717, 1.165) is 23.1 Å². The van der Waals surface area contributed by atoms with Gasteiger partial charge in [-0.3, -0.25) is 0 Å². The molecule has 6 heteroatoms. The first-order valence-electron chi connectivity index (χ1n) is 6.49. The Labute approximate surface area is 124 Å². The average Bonchev–Trinajstić information content (AvgIpc) is 2.87. The highest BCUT2D eigenvalue weighted by Crippen LogP contribution is 2.30. The van der Waals surface area contributed by atoms with E-state index in [9.17, 15) is 13.2 Å². The number of fused-ring (bicyclic) bond motifs is 1. The monoisotopic (exact) mass is 307 g/mol. The lowest BCUT2D eigenvalue weighted by atomic mass is 10.1. The predicted molar refractivity (Wildman–Crippen MR) is 76.4 cm³/mol. The summed E-state index contributed by atoms with van der Waals surface area (Å²) in [5.74, 6) is 0.353. The van der Waals surface area contributed by atoms with Crippen molar-refractivity contribution in [3.05, 3.63) is 59.9 Å². The SMILES string of the molecule is Nc1ccc2occ(COc3ccc(C(F)(F)F)cc3)c2c1. The summed E-state index contributed by atoms with van der Waals surface area (Å²) in [6.45, 7) is 0.182. The highest BCUT2D eigenvalue weighted by atomic mass is 19.4. The van der Waals surface area contributed by atoms with Crippen LogP contribution in [-0.4, -0.2) is 0 Å². The third kappa shape index (κ3) is 2.86. The molecule has 0 aliphatic rings. The standard InChI is InChI=1S/C16H12F3NO2/c17-16(18,19)11-1-4-13(5-2-11)21-8-10-9-22-15-6-3-12(20)7-14(10)15/h1-7,9H,8,20H2. The van der Waals surface area contributed by atoms with Crippen molar-refractivity contribution in [1.82, 2.24) is 0 Å². The molecule has 0 radical (unpaired) electrons. The molecule has 0 saturated heterocycles. The van der Waals surface area contributed by atoms with Crippen LogP contribution in [0.25, 0.3) is 11.0 Å². The van der Waals surface area contributed by atoms with E-state index >= 15 is 0 Å². The Bertz CT molecular complexity index is 791. The topological polar surface area (TPSA) is 48.4 Å². The Morgan fingerprint density at radius 3 is 2.45 bits per heavy atom. The van der Waals surface area contributed by atoms with Crippen molar-refractivity contribution in [2.75, 3.05) is 5.73 Å². The van der Waals surface area contributed by atoms with Gasteiger partial charge in [-0.2, -0.15) is 13.2 Å². The first kappa shape index (κ1) is 14.3. The summed E-state index contributed by atoms with van der Waals surface area (Å²) in [6, 6.07) is 9.81. The zero-order valence-electron chi connectivity index (χ0n) is 11.4. The van der Waals surface area contributed by atoms with Gasteiger partial charge < -0.3 is 14.9 Å². The third-order valence-electron chi connectivity index (χ3n) is 3.25. The number of rotatable bonds is 3. The van der Waals surface area contributed by atoms with E-state index in [-0.39, 0.29) is 6.61 Å². The van der Waals surface area contributed by atoms with Crippen LogP contribution in [0.2, 0.25) is 0 Å². The minimum Gasteiger partial charge on any atom is -0.489 e. The van der Waals surface area contributed by atoms with E-state index in [2.05, 4.69) is 0 Å². The Morgan fingerprint density at radius 1 is 1.05 bits per heavy atom. The normalized spacial score (nSPS) is 11.8. The fraction of sp³-hybridized carbons (Fsp3) is 0.125. The van der Waals surface area contributed by atoms with Crippen molar-refractivity contribution >= 4 is 16.7 Å². The van der Waals surface area contributed by atoms with Crippen LogP contribution in [0.5, 0.6) is 5.75 Å². The maximum Gasteiger partial charge on any atom is 0.416 e. The molecular weight excluding hydrogens is 295 g/mol.